The molecule has 0 heterocycles. The van der Waals surface area contributed by atoms with E-state index < -0.39 is 35.3 Å². The van der Waals surface area contributed by atoms with Gasteiger partial charge in [0.15, 0.2) is 0 Å². The molecule has 0 unspecified atom stereocenters. The molecule has 6 nitrogen and oxygen atoms in total. The Morgan fingerprint density at radius 3 is 1.56 bits per heavy atom. The monoisotopic (exact) mass is 544 g/mol. The molecule has 39 heavy (non-hydrogen) atoms. The lowest BCUT2D eigenvalue weighted by Crippen LogP contribution is -2.23. The number of benzene rings is 3. The van der Waals surface area contributed by atoms with Crippen molar-refractivity contribution in [3.05, 3.63) is 120 Å². The molecule has 0 saturated heterocycles. The molecular formula is C29H24F4O6. The van der Waals surface area contributed by atoms with Crippen molar-refractivity contribution >= 4 is 11.9 Å². The van der Waals surface area contributed by atoms with Crippen LogP contribution in [0.3, 0.4) is 0 Å². The lowest BCUT2D eigenvalue weighted by molar-refractivity contribution is -0.188. The highest BCUT2D eigenvalue weighted by Crippen LogP contribution is 2.37. The van der Waals surface area contributed by atoms with Crippen molar-refractivity contribution in [1.82, 2.24) is 0 Å². The van der Waals surface area contributed by atoms with E-state index in [2.05, 4.69) is 13.2 Å². The normalized spacial score (nSPS) is 11.3. The van der Waals surface area contributed by atoms with Crippen LogP contribution in [0.4, 0.5) is 17.6 Å². The summed E-state index contributed by atoms with van der Waals surface area (Å²) in [5.74, 6) is -1.79. The van der Waals surface area contributed by atoms with E-state index in [4.69, 9.17) is 18.9 Å². The molecule has 0 bridgehead atoms. The molecule has 3 aromatic rings. The van der Waals surface area contributed by atoms with Gasteiger partial charge in [-0.05, 0) is 66.1 Å². The molecule has 0 N–H and O–H groups in total. The van der Waals surface area contributed by atoms with E-state index in [0.29, 0.717) is 11.1 Å². The first-order valence-corrected chi connectivity index (χ1v) is 11.4. The summed E-state index contributed by atoms with van der Waals surface area (Å²) in [6.45, 7) is 7.72. The molecule has 0 aliphatic heterocycles. The second kappa shape index (κ2) is 12.3. The Bertz CT molecular complexity index is 1330. The van der Waals surface area contributed by atoms with Gasteiger partial charge in [-0.25, -0.2) is 9.59 Å². The number of ether oxygens (including phenoxy) is 4. The number of hydrogen-bond donors (Lipinski definition) is 0. The van der Waals surface area contributed by atoms with Gasteiger partial charge in [0.1, 0.15) is 24.7 Å². The highest BCUT2D eigenvalue weighted by atomic mass is 19.3. The van der Waals surface area contributed by atoms with Gasteiger partial charge in [-0.2, -0.15) is 17.6 Å². The molecule has 0 amide bonds. The van der Waals surface area contributed by atoms with Gasteiger partial charge in [0.05, 0.1) is 11.1 Å². The maximum atomic E-state index is 14.8. The minimum Gasteiger partial charge on any atom is -0.458 e. The zero-order chi connectivity index (χ0) is 28.6. The molecule has 0 atom stereocenters. The Balaban J connectivity index is 1.65. The highest BCUT2D eigenvalue weighted by molar-refractivity contribution is 5.81. The van der Waals surface area contributed by atoms with Crippen LogP contribution in [-0.4, -0.2) is 11.9 Å². The van der Waals surface area contributed by atoms with Crippen LogP contribution in [0, 0.1) is 6.92 Å². The van der Waals surface area contributed by atoms with Gasteiger partial charge in [0.25, 0.3) is 0 Å². The summed E-state index contributed by atoms with van der Waals surface area (Å²) in [4.78, 5) is 22.3. The average molecular weight is 544 g/mol. The van der Waals surface area contributed by atoms with Crippen molar-refractivity contribution in [2.75, 3.05) is 0 Å². The second-order valence-corrected chi connectivity index (χ2v) is 8.18. The van der Waals surface area contributed by atoms with Crippen LogP contribution in [0.1, 0.15) is 27.8 Å². The van der Waals surface area contributed by atoms with E-state index in [1.165, 1.54) is 31.2 Å². The molecule has 204 valence electrons. The number of esters is 2. The fraction of sp³-hybridized carbons (Fsp3) is 0.172. The Kier molecular flexibility index (Phi) is 9.13. The molecule has 0 saturated carbocycles. The molecule has 0 aliphatic carbocycles. The molecule has 10 heteroatoms. The first-order chi connectivity index (χ1) is 18.4. The van der Waals surface area contributed by atoms with Crippen molar-refractivity contribution in [2.24, 2.45) is 0 Å². The van der Waals surface area contributed by atoms with Crippen LogP contribution in [0.25, 0.3) is 0 Å². The third-order valence-electron chi connectivity index (χ3n) is 5.31. The number of rotatable bonds is 12. The zero-order valence-corrected chi connectivity index (χ0v) is 20.8. The highest BCUT2D eigenvalue weighted by Gasteiger charge is 2.36. The van der Waals surface area contributed by atoms with E-state index in [1.807, 2.05) is 0 Å². The van der Waals surface area contributed by atoms with Gasteiger partial charge >= 0.3 is 24.2 Å². The van der Waals surface area contributed by atoms with Crippen molar-refractivity contribution in [3.63, 3.8) is 0 Å². The predicted octanol–water partition coefficient (Wildman–Crippen LogP) is 6.71. The summed E-state index contributed by atoms with van der Waals surface area (Å²) in [5, 5.41) is 0. The summed E-state index contributed by atoms with van der Waals surface area (Å²) in [6.07, 6.45) is -5.51. The average Bonchev–Trinajstić information content (AvgIpc) is 2.92. The minimum atomic E-state index is -3.74. The van der Waals surface area contributed by atoms with Gasteiger partial charge in [-0.3, -0.25) is 0 Å². The van der Waals surface area contributed by atoms with Crippen LogP contribution >= 0.6 is 0 Å². The fourth-order valence-electron chi connectivity index (χ4n) is 3.22. The van der Waals surface area contributed by atoms with E-state index >= 15 is 0 Å². The number of carbonyl (C=O) groups is 2. The third-order valence-corrected chi connectivity index (χ3v) is 5.31. The van der Waals surface area contributed by atoms with E-state index in [1.54, 1.807) is 0 Å². The van der Waals surface area contributed by atoms with Crippen LogP contribution < -0.4 is 9.47 Å². The molecule has 3 aromatic carbocycles. The van der Waals surface area contributed by atoms with Crippen LogP contribution in [0.5, 0.6) is 11.5 Å². The van der Waals surface area contributed by atoms with Crippen LogP contribution in [-0.2, 0) is 44.5 Å². The van der Waals surface area contributed by atoms with Gasteiger partial charge in [0, 0.05) is 12.2 Å². The maximum Gasteiger partial charge on any atom is 0.426 e. The second-order valence-electron chi connectivity index (χ2n) is 8.18. The summed E-state index contributed by atoms with van der Waals surface area (Å²) >= 11 is 0. The predicted molar refractivity (Wildman–Crippen MR) is 133 cm³/mol. The van der Waals surface area contributed by atoms with Crippen molar-refractivity contribution < 1.29 is 46.1 Å². The molecule has 0 spiro atoms. The Morgan fingerprint density at radius 2 is 1.15 bits per heavy atom. The Hall–Kier alpha value is -4.60. The Labute approximate surface area is 222 Å². The molecule has 0 radical (unpaired) electrons. The summed E-state index contributed by atoms with van der Waals surface area (Å²) in [5.41, 5.74) is 0.169. The minimum absolute atomic E-state index is 0.113. The van der Waals surface area contributed by atoms with E-state index in [0.717, 1.165) is 54.6 Å². The topological polar surface area (TPSA) is 71.1 Å². The van der Waals surface area contributed by atoms with Gasteiger partial charge in [-0.1, -0.05) is 37.4 Å². The fourth-order valence-corrected chi connectivity index (χ4v) is 3.22. The molecular weight excluding hydrogens is 520 g/mol. The summed E-state index contributed by atoms with van der Waals surface area (Å²) in [7, 11) is 0. The molecule has 0 fully saturated rings. The number of halogens is 4. The van der Waals surface area contributed by atoms with Gasteiger partial charge in [-0.15, -0.1) is 0 Å². The number of hydrogen-bond acceptors (Lipinski definition) is 6. The van der Waals surface area contributed by atoms with Crippen LogP contribution in [0.2, 0.25) is 0 Å². The lowest BCUT2D eigenvalue weighted by Gasteiger charge is -2.22. The quantitative estimate of drug-likeness (QED) is 0.143. The standard InChI is InChI=1S/C29H24F4O6/c1-4-26(34)36-17-20-6-10-22(11-7-20)28(30,31)38-24-14-15-25(19(3)16-24)39-29(32,33)23-12-8-21(9-13-23)18-37-27(35)5-2/h4-16H,1-2,17-18H2,3H3. The van der Waals surface area contributed by atoms with E-state index in [-0.39, 0.29) is 30.3 Å². The van der Waals surface area contributed by atoms with Gasteiger partial charge < -0.3 is 18.9 Å². The first kappa shape index (κ1) is 29.0. The molecule has 0 aromatic heterocycles. The van der Waals surface area contributed by atoms with Gasteiger partial charge in [0.2, 0.25) is 0 Å². The SMILES string of the molecule is C=CC(=O)OCc1ccc(C(F)(F)Oc2ccc(OC(F)(F)c3ccc(COC(=O)C=C)cc3)c(C)c2)cc1. The van der Waals surface area contributed by atoms with Crippen molar-refractivity contribution in [1.29, 1.82) is 0 Å². The number of alkyl halides is 4. The summed E-state index contributed by atoms with van der Waals surface area (Å²) in [6, 6.07) is 13.3. The van der Waals surface area contributed by atoms with Crippen LogP contribution in [0.15, 0.2) is 92.0 Å². The molecule has 3 rings (SSSR count). The van der Waals surface area contributed by atoms with E-state index in [9.17, 15) is 27.2 Å². The maximum absolute atomic E-state index is 14.8. The largest absolute Gasteiger partial charge is 0.458 e. The third kappa shape index (κ3) is 7.94. The first-order valence-electron chi connectivity index (χ1n) is 11.4. The lowest BCUT2D eigenvalue weighted by atomic mass is 10.1. The Morgan fingerprint density at radius 1 is 0.718 bits per heavy atom. The number of aryl methyl sites for hydroxylation is 1. The summed E-state index contributed by atoms with van der Waals surface area (Å²) < 4.78 is 78.4. The number of carbonyl (C=O) groups excluding carboxylic acids is 2. The van der Waals surface area contributed by atoms with Crippen molar-refractivity contribution in [3.8, 4) is 11.5 Å². The van der Waals surface area contributed by atoms with Crippen molar-refractivity contribution in [2.45, 2.75) is 32.4 Å². The zero-order valence-electron chi connectivity index (χ0n) is 20.8. The molecule has 0 aliphatic rings. The smallest absolute Gasteiger partial charge is 0.426 e.